The van der Waals surface area contributed by atoms with E-state index in [-0.39, 0.29) is 41.0 Å². The van der Waals surface area contributed by atoms with Crippen LogP contribution in [0.25, 0.3) is 11.5 Å². The summed E-state index contributed by atoms with van der Waals surface area (Å²) < 4.78 is 66.9. The van der Waals surface area contributed by atoms with Gasteiger partial charge in [0.1, 0.15) is 0 Å². The summed E-state index contributed by atoms with van der Waals surface area (Å²) in [5.74, 6) is -0.353. The molecule has 0 aliphatic rings. The fourth-order valence-electron chi connectivity index (χ4n) is 2.88. The standard InChI is InChI=1S/C20H19F3N4O4S/c1-12(13-4-3-7-16(11-13)32(24,29)30)25-17(28)8-9-18-26-27-19(31-18)14-5-2-6-15(10-14)20(21,22)23/h2-7,10-12H,8-9H2,1H3,(H,25,28)(H2,24,29,30). The quantitative estimate of drug-likeness (QED) is 0.548. The Morgan fingerprint density at radius 3 is 2.56 bits per heavy atom. The van der Waals surface area contributed by atoms with Gasteiger partial charge in [-0.25, -0.2) is 13.6 Å². The number of hydrogen-bond acceptors (Lipinski definition) is 6. The Morgan fingerprint density at radius 2 is 1.88 bits per heavy atom. The molecular formula is C20H19F3N4O4S. The summed E-state index contributed by atoms with van der Waals surface area (Å²) in [4.78, 5) is 12.2. The topological polar surface area (TPSA) is 128 Å². The van der Waals surface area contributed by atoms with Crippen LogP contribution in [0, 0.1) is 0 Å². The molecule has 12 heteroatoms. The minimum absolute atomic E-state index is 0.0244. The van der Waals surface area contributed by atoms with E-state index in [0.717, 1.165) is 12.1 Å². The summed E-state index contributed by atoms with van der Waals surface area (Å²) >= 11 is 0. The predicted molar refractivity (Wildman–Crippen MR) is 107 cm³/mol. The van der Waals surface area contributed by atoms with Crippen LogP contribution in [0.15, 0.2) is 57.8 Å². The highest BCUT2D eigenvalue weighted by atomic mass is 32.2. The van der Waals surface area contributed by atoms with Crippen LogP contribution >= 0.6 is 0 Å². The number of rotatable bonds is 7. The molecule has 3 rings (SSSR count). The van der Waals surface area contributed by atoms with Crippen molar-refractivity contribution < 1.29 is 30.8 Å². The van der Waals surface area contributed by atoms with Gasteiger partial charge in [0.15, 0.2) is 0 Å². The molecule has 3 aromatic rings. The number of halogens is 3. The first-order valence-electron chi connectivity index (χ1n) is 9.35. The largest absolute Gasteiger partial charge is 0.421 e. The lowest BCUT2D eigenvalue weighted by Crippen LogP contribution is -2.27. The molecule has 3 N–H and O–H groups in total. The number of carbonyl (C=O) groups is 1. The monoisotopic (exact) mass is 468 g/mol. The molecule has 170 valence electrons. The Balaban J connectivity index is 1.60. The molecule has 0 radical (unpaired) electrons. The molecule has 0 aliphatic carbocycles. The lowest BCUT2D eigenvalue weighted by molar-refractivity contribution is -0.137. The molecule has 0 fully saturated rings. The van der Waals surface area contributed by atoms with Crippen molar-refractivity contribution in [3.63, 3.8) is 0 Å². The van der Waals surface area contributed by atoms with Gasteiger partial charge in [-0.2, -0.15) is 13.2 Å². The third-order valence-electron chi connectivity index (χ3n) is 4.53. The molecule has 1 unspecified atom stereocenters. The van der Waals surface area contributed by atoms with E-state index < -0.39 is 27.8 Å². The number of amides is 1. The maximum atomic E-state index is 12.9. The molecule has 8 nitrogen and oxygen atoms in total. The van der Waals surface area contributed by atoms with Crippen LogP contribution in [0.2, 0.25) is 0 Å². The van der Waals surface area contributed by atoms with E-state index in [1.807, 2.05) is 0 Å². The van der Waals surface area contributed by atoms with Gasteiger partial charge in [-0.3, -0.25) is 4.79 Å². The average Bonchev–Trinajstić information content (AvgIpc) is 3.20. The molecule has 0 saturated heterocycles. The molecule has 2 aromatic carbocycles. The van der Waals surface area contributed by atoms with Gasteiger partial charge in [-0.15, -0.1) is 10.2 Å². The van der Waals surface area contributed by atoms with E-state index in [1.54, 1.807) is 13.0 Å². The first kappa shape index (κ1) is 23.4. The Bertz CT molecular complexity index is 1230. The van der Waals surface area contributed by atoms with Crippen molar-refractivity contribution in [3.05, 3.63) is 65.5 Å². The zero-order valence-corrected chi connectivity index (χ0v) is 17.6. The molecule has 1 atom stereocenters. The number of sulfonamides is 1. The second-order valence-electron chi connectivity index (χ2n) is 6.99. The molecular weight excluding hydrogens is 449 g/mol. The summed E-state index contributed by atoms with van der Waals surface area (Å²) in [6.07, 6.45) is -4.45. The fourth-order valence-corrected chi connectivity index (χ4v) is 3.45. The normalized spacial score (nSPS) is 13.0. The van der Waals surface area contributed by atoms with Crippen LogP contribution in [0.1, 0.15) is 36.4 Å². The van der Waals surface area contributed by atoms with Crippen molar-refractivity contribution in [2.24, 2.45) is 5.14 Å². The maximum Gasteiger partial charge on any atom is 0.416 e. The van der Waals surface area contributed by atoms with E-state index in [2.05, 4.69) is 15.5 Å². The molecule has 32 heavy (non-hydrogen) atoms. The Labute approximate surface area is 181 Å². The number of nitrogens with zero attached hydrogens (tertiary/aromatic N) is 2. The zero-order chi connectivity index (χ0) is 23.5. The second-order valence-corrected chi connectivity index (χ2v) is 8.55. The molecule has 1 aromatic heterocycles. The van der Waals surface area contributed by atoms with Crippen molar-refractivity contribution in [1.82, 2.24) is 15.5 Å². The predicted octanol–water partition coefficient (Wildman–Crippen LogP) is 3.21. The lowest BCUT2D eigenvalue weighted by atomic mass is 10.1. The zero-order valence-electron chi connectivity index (χ0n) is 16.8. The molecule has 0 aliphatic heterocycles. The number of nitrogens with two attached hydrogens (primary N) is 1. The Kier molecular flexibility index (Phi) is 6.65. The number of carbonyl (C=O) groups excluding carboxylic acids is 1. The number of nitrogens with one attached hydrogen (secondary N) is 1. The minimum atomic E-state index is -4.50. The number of aryl methyl sites for hydroxylation is 1. The number of alkyl halides is 3. The van der Waals surface area contributed by atoms with Gasteiger partial charge in [0.05, 0.1) is 16.5 Å². The van der Waals surface area contributed by atoms with Crippen LogP contribution in [-0.2, 0) is 27.4 Å². The maximum absolute atomic E-state index is 12.9. The SMILES string of the molecule is CC(NC(=O)CCc1nnc(-c2cccc(C(F)(F)F)c2)o1)c1cccc(S(N)(=O)=O)c1. The van der Waals surface area contributed by atoms with Gasteiger partial charge >= 0.3 is 6.18 Å². The number of benzene rings is 2. The van der Waals surface area contributed by atoms with Gasteiger partial charge in [0.2, 0.25) is 27.7 Å². The second kappa shape index (κ2) is 9.09. The third kappa shape index (κ3) is 5.92. The van der Waals surface area contributed by atoms with E-state index in [4.69, 9.17) is 9.56 Å². The van der Waals surface area contributed by atoms with Crippen molar-refractivity contribution in [1.29, 1.82) is 0 Å². The first-order valence-corrected chi connectivity index (χ1v) is 10.9. The number of aromatic nitrogens is 2. The molecule has 0 saturated carbocycles. The summed E-state index contributed by atoms with van der Waals surface area (Å²) in [5.41, 5.74) is -0.171. The molecule has 0 bridgehead atoms. The Morgan fingerprint density at radius 1 is 1.16 bits per heavy atom. The smallest absolute Gasteiger partial charge is 0.416 e. The number of primary sulfonamides is 1. The molecule has 0 spiro atoms. The van der Waals surface area contributed by atoms with Crippen LogP contribution in [-0.4, -0.2) is 24.5 Å². The van der Waals surface area contributed by atoms with Crippen molar-refractivity contribution in [2.45, 2.75) is 36.9 Å². The van der Waals surface area contributed by atoms with Crippen molar-refractivity contribution in [3.8, 4) is 11.5 Å². The van der Waals surface area contributed by atoms with Crippen LogP contribution in [0.3, 0.4) is 0 Å². The highest BCUT2D eigenvalue weighted by Gasteiger charge is 2.30. The minimum Gasteiger partial charge on any atom is -0.421 e. The Hall–Kier alpha value is -3.25. The van der Waals surface area contributed by atoms with Crippen molar-refractivity contribution in [2.75, 3.05) is 0 Å². The van der Waals surface area contributed by atoms with Gasteiger partial charge < -0.3 is 9.73 Å². The highest BCUT2D eigenvalue weighted by molar-refractivity contribution is 7.89. The van der Waals surface area contributed by atoms with Crippen LogP contribution < -0.4 is 10.5 Å². The van der Waals surface area contributed by atoms with Gasteiger partial charge in [-0.1, -0.05) is 18.2 Å². The summed E-state index contributed by atoms with van der Waals surface area (Å²) in [7, 11) is -3.87. The third-order valence-corrected chi connectivity index (χ3v) is 5.44. The molecule has 1 heterocycles. The fraction of sp³-hybridized carbons (Fsp3) is 0.250. The van der Waals surface area contributed by atoms with Crippen molar-refractivity contribution >= 4 is 15.9 Å². The summed E-state index contributed by atoms with van der Waals surface area (Å²) in [6, 6.07) is 9.90. The van der Waals surface area contributed by atoms with E-state index in [1.165, 1.54) is 30.3 Å². The summed E-state index contributed by atoms with van der Waals surface area (Å²) in [6.45, 7) is 1.68. The molecule has 1 amide bonds. The summed E-state index contributed by atoms with van der Waals surface area (Å²) in [5, 5.41) is 15.4. The van der Waals surface area contributed by atoms with Gasteiger partial charge in [0, 0.05) is 18.4 Å². The van der Waals surface area contributed by atoms with E-state index >= 15 is 0 Å². The highest BCUT2D eigenvalue weighted by Crippen LogP contribution is 2.31. The first-order chi connectivity index (χ1) is 14.9. The van der Waals surface area contributed by atoms with Gasteiger partial charge in [0.25, 0.3) is 0 Å². The van der Waals surface area contributed by atoms with E-state index in [9.17, 15) is 26.4 Å². The van der Waals surface area contributed by atoms with Gasteiger partial charge in [-0.05, 0) is 42.8 Å². The van der Waals surface area contributed by atoms with E-state index in [0.29, 0.717) is 5.56 Å². The number of hydrogen-bond donors (Lipinski definition) is 2. The lowest BCUT2D eigenvalue weighted by Gasteiger charge is -2.14. The van der Waals surface area contributed by atoms with Crippen LogP contribution in [0.5, 0.6) is 0 Å². The van der Waals surface area contributed by atoms with Crippen LogP contribution in [0.4, 0.5) is 13.2 Å². The average molecular weight is 468 g/mol.